The molecule has 4 heterocycles. The number of hydrogen-bond acceptors (Lipinski definition) is 14. The van der Waals surface area contributed by atoms with Crippen molar-refractivity contribution >= 4 is 64.1 Å². The number of nitrogens with one attached hydrogen (secondary N) is 3. The molecule has 5 aromatic carbocycles. The van der Waals surface area contributed by atoms with Crippen LogP contribution in [0.3, 0.4) is 0 Å². The molecule has 4 aromatic heterocycles. The Morgan fingerprint density at radius 3 is 1.16 bits per heavy atom. The normalized spacial score (nSPS) is 13.8. The first-order chi connectivity index (χ1) is 42.9. The van der Waals surface area contributed by atoms with Crippen LogP contribution in [0.15, 0.2) is 171 Å². The molecule has 0 aliphatic heterocycles. The molecule has 3 aliphatic carbocycles. The van der Waals surface area contributed by atoms with Gasteiger partial charge in [-0.25, -0.2) is 22.0 Å². The third-order valence-electron chi connectivity index (χ3n) is 13.9. The van der Waals surface area contributed by atoms with E-state index in [-0.39, 0.29) is 35.8 Å². The van der Waals surface area contributed by atoms with Crippen LogP contribution in [0.2, 0.25) is 0 Å². The Labute approximate surface area is 508 Å². The molecule has 3 aliphatic rings. The lowest BCUT2D eigenvalue weighted by Gasteiger charge is -2.16. The van der Waals surface area contributed by atoms with E-state index in [1.165, 1.54) is 97.1 Å². The van der Waals surface area contributed by atoms with Gasteiger partial charge in [0, 0.05) is 103 Å². The first-order valence-electron chi connectivity index (χ1n) is 27.1. The zero-order chi connectivity index (χ0) is 64.9. The summed E-state index contributed by atoms with van der Waals surface area (Å²) in [6, 6.07) is 31.1. The fourth-order valence-electron chi connectivity index (χ4n) is 8.16. The van der Waals surface area contributed by atoms with Crippen LogP contribution < -0.4 is 36.9 Å². The molecule has 9 aromatic rings. The van der Waals surface area contributed by atoms with Gasteiger partial charge in [-0.2, -0.15) is 10.2 Å². The summed E-state index contributed by atoms with van der Waals surface area (Å²) in [5.41, 5.74) is 11.7. The largest absolute Gasteiger partial charge is 0.480 e. The Bertz CT molecular complexity index is 4040. The number of rotatable bonds is 15. The number of ether oxygens (including phenoxy) is 2. The number of halogens is 5. The van der Waals surface area contributed by atoms with Gasteiger partial charge in [-0.05, 0) is 148 Å². The lowest BCUT2D eigenvalue weighted by molar-refractivity contribution is -0.157. The van der Waals surface area contributed by atoms with Gasteiger partial charge in [-0.3, -0.25) is 48.1 Å². The van der Waals surface area contributed by atoms with Gasteiger partial charge in [0.05, 0.1) is 23.8 Å². The molecule has 0 atom stereocenters. The molecule has 3 amide bonds. The number of carbonyl (C=O) groups excluding carboxylic acids is 3. The van der Waals surface area contributed by atoms with E-state index in [9.17, 15) is 50.7 Å². The fraction of sp³-hybridized carbons (Fsp3) is 0.175. The van der Waals surface area contributed by atoms with Crippen molar-refractivity contribution in [1.82, 2.24) is 29.5 Å². The minimum Gasteiger partial charge on any atom is -0.480 e. The van der Waals surface area contributed by atoms with Crippen LogP contribution in [0.4, 0.5) is 50.4 Å². The number of aryl methyl sites for hydroxylation is 2. The molecule has 0 radical (unpaired) electrons. The van der Waals surface area contributed by atoms with Crippen LogP contribution in [0.25, 0.3) is 22.5 Å². The van der Waals surface area contributed by atoms with E-state index in [2.05, 4.69) is 36.1 Å². The molecule has 27 heteroatoms. The third-order valence-corrected chi connectivity index (χ3v) is 13.9. The maximum absolute atomic E-state index is 14.8. The number of aliphatic carboxylic acids is 3. The molecule has 22 nitrogen and oxygen atoms in total. The van der Waals surface area contributed by atoms with E-state index in [1.54, 1.807) is 77.7 Å². The molecule has 464 valence electrons. The van der Waals surface area contributed by atoms with E-state index < -0.39 is 75.1 Å². The van der Waals surface area contributed by atoms with Crippen LogP contribution in [0, 0.1) is 45.3 Å². The van der Waals surface area contributed by atoms with Gasteiger partial charge in [-0.15, -0.1) is 0 Å². The van der Waals surface area contributed by atoms with Gasteiger partial charge in [-0.1, -0.05) is 0 Å². The summed E-state index contributed by atoms with van der Waals surface area (Å²) >= 11 is 0. The monoisotopic (exact) mass is 1240 g/mol. The second-order valence-electron chi connectivity index (χ2n) is 20.7. The summed E-state index contributed by atoms with van der Waals surface area (Å²) in [7, 11) is 3.62. The quantitative estimate of drug-likeness (QED) is 0.0269. The number of nitrogens with zero attached hydrogens (tertiary/aromatic N) is 6. The van der Waals surface area contributed by atoms with Crippen LogP contribution in [0.1, 0.15) is 38.5 Å². The summed E-state index contributed by atoms with van der Waals surface area (Å²) in [5.74, 6) is -6.41. The average molecular weight is 1240 g/mol. The van der Waals surface area contributed by atoms with Crippen LogP contribution in [-0.2, 0) is 42.9 Å². The summed E-state index contributed by atoms with van der Waals surface area (Å²) in [5, 5.41) is 41.4. The SMILES string of the molecule is Cn1cc(-c2cc(Oc3ccc(N)cc3F)ccn2)cn1.Cn1cc(-c2cc(Oc3ccc(NC(=O)C4(C(=O)Nc5ccc(F)cc5)CC4)cc3F)ccn2)cn1.Nc1ccc(F)cc1.O=C(O)C1(C(=O)Nc2ccc(F)cc2)CC1.O=C(O)C1(C(=O)O)CC1. The van der Waals surface area contributed by atoms with Crippen molar-refractivity contribution in [2.45, 2.75) is 38.5 Å². The first-order valence-corrected chi connectivity index (χ1v) is 27.1. The molecule has 0 spiro atoms. The Morgan fingerprint density at radius 2 is 0.811 bits per heavy atom. The van der Waals surface area contributed by atoms with Crippen molar-refractivity contribution in [1.29, 1.82) is 0 Å². The number of carbonyl (C=O) groups is 6. The lowest BCUT2D eigenvalue weighted by atomic mass is 10.0. The van der Waals surface area contributed by atoms with Gasteiger partial charge in [0.1, 0.15) is 39.8 Å². The molecule has 0 saturated heterocycles. The second kappa shape index (κ2) is 27.9. The minimum absolute atomic E-state index is 0.0356. The predicted octanol–water partition coefficient (Wildman–Crippen LogP) is 10.9. The topological polar surface area (TPSA) is 331 Å². The Balaban J connectivity index is 0.000000163. The smallest absolute Gasteiger partial charge is 0.321 e. The summed E-state index contributed by atoms with van der Waals surface area (Å²) < 4.78 is 80.8. The maximum atomic E-state index is 14.8. The summed E-state index contributed by atoms with van der Waals surface area (Å²) in [6.07, 6.45) is 12.1. The molecule has 10 N–H and O–H groups in total. The van der Waals surface area contributed by atoms with Crippen LogP contribution >= 0.6 is 0 Å². The van der Waals surface area contributed by atoms with Crippen molar-refractivity contribution < 1.29 is 75.5 Å². The van der Waals surface area contributed by atoms with Crippen LogP contribution in [-0.4, -0.2) is 80.5 Å². The minimum atomic E-state index is -1.42. The predicted molar refractivity (Wildman–Crippen MR) is 318 cm³/mol. The number of carboxylic acid groups (broad SMARTS) is 3. The second-order valence-corrected chi connectivity index (χ2v) is 20.7. The van der Waals surface area contributed by atoms with E-state index in [0.29, 0.717) is 71.3 Å². The van der Waals surface area contributed by atoms with E-state index in [0.717, 1.165) is 17.2 Å². The van der Waals surface area contributed by atoms with Crippen molar-refractivity contribution in [2.75, 3.05) is 27.4 Å². The Kier molecular flexibility index (Phi) is 20.0. The molecular weight excluding hydrogens is 1180 g/mol. The zero-order valence-electron chi connectivity index (χ0n) is 47.7. The standard InChI is InChI=1S/C26H21F2N5O3.C15H13FN4O.C11H10FNO3.C6H6FN.C5H6O4/c1-33-15-16(14-30-33)22-13-20(8-11-29-22)36-23-7-6-19(12-21(23)28)32-25(35)26(9-10-26)24(34)31-18-4-2-17(27)3-5-18;1-20-9-10(8-19-20)14-7-12(4-5-18-14)21-15-3-2-11(17)6-13(15)16;12-7-1-3-8(4-2-7)13-9(14)11(5-6-11)10(15)16;7-5-1-3-6(8)4-2-5;6-3(7)5(1-2-5)4(8)9/h2-8,11-15H,9-10H2,1H3,(H,31,34)(H,32,35);2-9H,17H2,1H3;1-4H,5-6H2,(H,13,14)(H,15,16);1-4H,8H2;1-2H2,(H,6,7)(H,8,9). The van der Waals surface area contributed by atoms with Crippen molar-refractivity contribution in [3.8, 4) is 45.5 Å². The molecule has 90 heavy (non-hydrogen) atoms. The number of nitrogens with two attached hydrogens (primary N) is 2. The van der Waals surface area contributed by atoms with Crippen molar-refractivity contribution in [3.63, 3.8) is 0 Å². The zero-order valence-corrected chi connectivity index (χ0v) is 47.7. The van der Waals surface area contributed by atoms with Gasteiger partial charge < -0.3 is 52.2 Å². The molecule has 3 fully saturated rings. The highest BCUT2D eigenvalue weighted by Crippen LogP contribution is 2.49. The molecule has 0 unspecified atom stereocenters. The lowest BCUT2D eigenvalue weighted by Crippen LogP contribution is -2.35. The fourth-order valence-corrected chi connectivity index (χ4v) is 8.16. The maximum Gasteiger partial charge on any atom is 0.321 e. The van der Waals surface area contributed by atoms with E-state index >= 15 is 0 Å². The average Bonchev–Trinajstić information content (AvgIpc) is 1.88. The molecule has 12 rings (SSSR count). The summed E-state index contributed by atoms with van der Waals surface area (Å²) in [4.78, 5) is 76.9. The number of pyridine rings is 2. The first kappa shape index (κ1) is 64.5. The Morgan fingerprint density at radius 1 is 0.456 bits per heavy atom. The molecular formula is C63H56F5N11O11. The van der Waals surface area contributed by atoms with Gasteiger partial charge in [0.25, 0.3) is 0 Å². The van der Waals surface area contributed by atoms with Crippen molar-refractivity contribution in [3.05, 3.63) is 200 Å². The molecule has 3 saturated carbocycles. The highest BCUT2D eigenvalue weighted by molar-refractivity contribution is 6.17. The number of anilines is 5. The van der Waals surface area contributed by atoms with E-state index in [4.69, 9.17) is 36.3 Å². The summed E-state index contributed by atoms with van der Waals surface area (Å²) in [6.45, 7) is 0. The van der Waals surface area contributed by atoms with E-state index in [1.807, 2.05) is 13.2 Å². The van der Waals surface area contributed by atoms with Gasteiger partial charge >= 0.3 is 17.9 Å². The number of aromatic nitrogens is 6. The number of hydrogen-bond donors (Lipinski definition) is 8. The van der Waals surface area contributed by atoms with Crippen molar-refractivity contribution in [2.24, 2.45) is 30.3 Å². The number of carboxylic acids is 3. The van der Waals surface area contributed by atoms with Gasteiger partial charge in [0.2, 0.25) is 17.7 Å². The Hall–Kier alpha value is -11.5. The van der Waals surface area contributed by atoms with Gasteiger partial charge in [0.15, 0.2) is 28.5 Å². The highest BCUT2D eigenvalue weighted by Gasteiger charge is 2.58. The highest BCUT2D eigenvalue weighted by atomic mass is 19.1. The number of amides is 3. The number of nitrogen functional groups attached to an aromatic ring is 2. The van der Waals surface area contributed by atoms with Crippen LogP contribution in [0.5, 0.6) is 23.0 Å². The number of benzene rings is 5. The third kappa shape index (κ3) is 16.7. The molecule has 0 bridgehead atoms.